The first-order chi connectivity index (χ1) is 7.66. The lowest BCUT2D eigenvalue weighted by Crippen LogP contribution is -2.23. The number of nitrogens with one attached hydrogen (secondary N) is 1. The Labute approximate surface area is 97.1 Å². The number of thiazole rings is 1. The first kappa shape index (κ1) is 10.8. The Morgan fingerprint density at radius 2 is 2.44 bits per heavy atom. The molecule has 0 aliphatic heterocycles. The highest BCUT2D eigenvalue weighted by atomic mass is 32.1. The predicted molar refractivity (Wildman–Crippen MR) is 62.4 cm³/mol. The summed E-state index contributed by atoms with van der Waals surface area (Å²) < 4.78 is 1.61. The van der Waals surface area contributed by atoms with Gasteiger partial charge in [0.05, 0.1) is 0 Å². The number of anilines is 1. The maximum atomic E-state index is 11.8. The number of aryl methyl sites for hydroxylation is 1. The summed E-state index contributed by atoms with van der Waals surface area (Å²) >= 11 is 1.46. The van der Waals surface area contributed by atoms with Gasteiger partial charge in [0, 0.05) is 23.5 Å². The van der Waals surface area contributed by atoms with Gasteiger partial charge in [-0.25, -0.2) is 4.98 Å². The number of nitrogens with zero attached hydrogens (tertiary/aromatic N) is 3. The predicted octanol–water partition coefficient (Wildman–Crippen LogP) is 1.85. The molecule has 5 nitrogen and oxygen atoms in total. The first-order valence-electron chi connectivity index (χ1n) is 4.89. The van der Waals surface area contributed by atoms with Gasteiger partial charge in [0.25, 0.3) is 5.91 Å². The van der Waals surface area contributed by atoms with Gasteiger partial charge >= 0.3 is 0 Å². The maximum Gasteiger partial charge on any atom is 0.250 e. The van der Waals surface area contributed by atoms with Crippen molar-refractivity contribution in [1.29, 1.82) is 0 Å². The van der Waals surface area contributed by atoms with Gasteiger partial charge < -0.3 is 5.32 Å². The van der Waals surface area contributed by atoms with Crippen LogP contribution in [0.5, 0.6) is 0 Å². The van der Waals surface area contributed by atoms with Crippen molar-refractivity contribution in [3.63, 3.8) is 0 Å². The molecular weight excluding hydrogens is 224 g/mol. The Kier molecular flexibility index (Phi) is 3.00. The summed E-state index contributed by atoms with van der Waals surface area (Å²) in [5.41, 5.74) is 0. The fourth-order valence-corrected chi connectivity index (χ4v) is 1.92. The Hall–Kier alpha value is -1.69. The molecule has 0 spiro atoms. The van der Waals surface area contributed by atoms with Crippen molar-refractivity contribution >= 4 is 22.4 Å². The molecule has 1 amide bonds. The van der Waals surface area contributed by atoms with Crippen molar-refractivity contribution in [2.45, 2.75) is 19.9 Å². The summed E-state index contributed by atoms with van der Waals surface area (Å²) in [6.07, 6.45) is 5.15. The third-order valence-corrected chi connectivity index (χ3v) is 2.98. The summed E-state index contributed by atoms with van der Waals surface area (Å²) in [5.74, 6) is -0.113. The van der Waals surface area contributed by atoms with Gasteiger partial charge in [0.2, 0.25) is 0 Å². The van der Waals surface area contributed by atoms with E-state index in [0.29, 0.717) is 5.13 Å². The Morgan fingerprint density at radius 3 is 3.00 bits per heavy atom. The second-order valence-electron chi connectivity index (χ2n) is 3.43. The third kappa shape index (κ3) is 2.27. The number of hydrogen-bond acceptors (Lipinski definition) is 4. The lowest BCUT2D eigenvalue weighted by Gasteiger charge is -2.10. The zero-order valence-corrected chi connectivity index (χ0v) is 9.86. The molecule has 2 aromatic rings. The highest BCUT2D eigenvalue weighted by molar-refractivity contribution is 7.15. The topological polar surface area (TPSA) is 59.8 Å². The van der Waals surface area contributed by atoms with Gasteiger partial charge in [-0.3, -0.25) is 9.48 Å². The van der Waals surface area contributed by atoms with Gasteiger partial charge in [0.15, 0.2) is 5.13 Å². The molecule has 84 valence electrons. The molecule has 2 rings (SSSR count). The van der Waals surface area contributed by atoms with Gasteiger partial charge in [-0.1, -0.05) is 0 Å². The van der Waals surface area contributed by atoms with E-state index in [9.17, 15) is 4.79 Å². The second-order valence-corrected chi connectivity index (χ2v) is 4.66. The van der Waals surface area contributed by atoms with Gasteiger partial charge in [-0.15, -0.1) is 11.3 Å². The fourth-order valence-electron chi connectivity index (χ4n) is 1.25. The van der Waals surface area contributed by atoms with Crippen molar-refractivity contribution < 1.29 is 4.79 Å². The number of amides is 1. The summed E-state index contributed by atoms with van der Waals surface area (Å²) in [4.78, 5) is 17.0. The molecule has 0 radical (unpaired) electrons. The number of hydrogen-bond donors (Lipinski definition) is 1. The molecule has 0 unspecified atom stereocenters. The van der Waals surface area contributed by atoms with Crippen LogP contribution < -0.4 is 5.32 Å². The molecule has 2 aromatic heterocycles. The average molecular weight is 236 g/mol. The van der Waals surface area contributed by atoms with Crippen LogP contribution in [0.4, 0.5) is 5.13 Å². The van der Waals surface area contributed by atoms with E-state index in [1.54, 1.807) is 36.3 Å². The van der Waals surface area contributed by atoms with E-state index in [0.717, 1.165) is 4.88 Å². The van der Waals surface area contributed by atoms with Gasteiger partial charge in [-0.05, 0) is 19.9 Å². The lowest BCUT2D eigenvalue weighted by atomic mass is 10.3. The van der Waals surface area contributed by atoms with E-state index in [-0.39, 0.29) is 11.9 Å². The van der Waals surface area contributed by atoms with Crippen molar-refractivity contribution in [1.82, 2.24) is 14.8 Å². The quantitative estimate of drug-likeness (QED) is 0.884. The zero-order valence-electron chi connectivity index (χ0n) is 9.04. The van der Waals surface area contributed by atoms with E-state index in [4.69, 9.17) is 0 Å². The van der Waals surface area contributed by atoms with E-state index in [1.165, 1.54) is 11.3 Å². The Balaban J connectivity index is 2.03. The van der Waals surface area contributed by atoms with Gasteiger partial charge in [-0.2, -0.15) is 5.10 Å². The van der Waals surface area contributed by atoms with Crippen LogP contribution in [0, 0.1) is 6.92 Å². The molecule has 16 heavy (non-hydrogen) atoms. The van der Waals surface area contributed by atoms with E-state index >= 15 is 0 Å². The normalized spacial score (nSPS) is 12.4. The van der Waals surface area contributed by atoms with Crippen molar-refractivity contribution in [3.8, 4) is 0 Å². The van der Waals surface area contributed by atoms with Crippen LogP contribution in [0.3, 0.4) is 0 Å². The van der Waals surface area contributed by atoms with Crippen molar-refractivity contribution in [2.75, 3.05) is 5.32 Å². The smallest absolute Gasteiger partial charge is 0.250 e. The van der Waals surface area contributed by atoms with Crippen LogP contribution in [-0.4, -0.2) is 20.7 Å². The molecule has 1 atom stereocenters. The Bertz CT molecular complexity index is 477. The number of aromatic nitrogens is 3. The van der Waals surface area contributed by atoms with Crippen LogP contribution in [0.15, 0.2) is 24.7 Å². The average Bonchev–Trinajstić information content (AvgIpc) is 2.88. The van der Waals surface area contributed by atoms with Crippen LogP contribution in [0.25, 0.3) is 0 Å². The number of carbonyl (C=O) groups is 1. The summed E-state index contributed by atoms with van der Waals surface area (Å²) in [5, 5.41) is 7.41. The minimum Gasteiger partial charge on any atom is -0.300 e. The number of rotatable bonds is 3. The van der Waals surface area contributed by atoms with E-state index in [2.05, 4.69) is 15.4 Å². The molecule has 0 aliphatic carbocycles. The van der Waals surface area contributed by atoms with E-state index in [1.807, 2.05) is 6.92 Å². The van der Waals surface area contributed by atoms with Crippen LogP contribution in [0.2, 0.25) is 0 Å². The third-order valence-electron chi connectivity index (χ3n) is 2.15. The minimum absolute atomic E-state index is 0.113. The minimum atomic E-state index is -0.334. The molecule has 0 fully saturated rings. The van der Waals surface area contributed by atoms with Crippen LogP contribution in [-0.2, 0) is 4.79 Å². The molecule has 0 saturated carbocycles. The molecule has 1 N–H and O–H groups in total. The summed E-state index contributed by atoms with van der Waals surface area (Å²) in [7, 11) is 0. The highest BCUT2D eigenvalue weighted by Gasteiger charge is 2.15. The van der Waals surface area contributed by atoms with Gasteiger partial charge in [0.1, 0.15) is 6.04 Å². The molecule has 0 aromatic carbocycles. The maximum absolute atomic E-state index is 11.8. The molecule has 2 heterocycles. The molecule has 0 saturated heterocycles. The van der Waals surface area contributed by atoms with Crippen molar-refractivity contribution in [2.24, 2.45) is 0 Å². The monoisotopic (exact) mass is 236 g/mol. The van der Waals surface area contributed by atoms with Crippen LogP contribution >= 0.6 is 11.3 Å². The zero-order chi connectivity index (χ0) is 11.5. The standard InChI is InChI=1S/C10H12N4OS/c1-7-6-11-10(16-7)13-9(15)8(2)14-5-3-4-12-14/h3-6,8H,1-2H3,(H,11,13,15)/t8-/m0/s1. The lowest BCUT2D eigenvalue weighted by molar-refractivity contribution is -0.119. The van der Waals surface area contributed by atoms with Crippen LogP contribution in [0.1, 0.15) is 17.8 Å². The Morgan fingerprint density at radius 1 is 1.62 bits per heavy atom. The highest BCUT2D eigenvalue weighted by Crippen LogP contribution is 2.17. The van der Waals surface area contributed by atoms with Crippen molar-refractivity contribution in [3.05, 3.63) is 29.5 Å². The number of carbonyl (C=O) groups excluding carboxylic acids is 1. The largest absolute Gasteiger partial charge is 0.300 e. The summed E-state index contributed by atoms with van der Waals surface area (Å²) in [6, 6.07) is 1.45. The fraction of sp³-hybridized carbons (Fsp3) is 0.300. The summed E-state index contributed by atoms with van der Waals surface area (Å²) in [6.45, 7) is 3.74. The molecule has 6 heteroatoms. The second kappa shape index (κ2) is 4.44. The molecule has 0 aliphatic rings. The molecular formula is C10H12N4OS. The first-order valence-corrected chi connectivity index (χ1v) is 5.71. The molecule has 0 bridgehead atoms. The SMILES string of the molecule is Cc1cnc(NC(=O)[C@H](C)n2cccn2)s1. The van der Waals surface area contributed by atoms with E-state index < -0.39 is 0 Å².